The molecule has 2 aromatic heterocycles. The molecule has 30 heavy (non-hydrogen) atoms. The van der Waals surface area contributed by atoms with Crippen molar-refractivity contribution in [2.24, 2.45) is 14.1 Å². The van der Waals surface area contributed by atoms with Crippen LogP contribution in [0.1, 0.15) is 6.42 Å². The molecule has 0 spiro atoms. The number of likely N-dealkylation sites (N-methyl/N-ethyl adjacent to an activating group) is 1. The lowest BCUT2D eigenvalue weighted by molar-refractivity contribution is -0.130. The maximum Gasteiger partial charge on any atom is 0.332 e. The summed E-state index contributed by atoms with van der Waals surface area (Å²) in [4.78, 5) is 42.6. The monoisotopic (exact) mass is 415 g/mol. The van der Waals surface area contributed by atoms with Gasteiger partial charge in [-0.05, 0) is 24.3 Å². The molecule has 2 heterocycles. The third-order valence-electron chi connectivity index (χ3n) is 4.96. The molecular formula is C20H25N5O5. The summed E-state index contributed by atoms with van der Waals surface area (Å²) in [6.45, 7) is 1.06. The van der Waals surface area contributed by atoms with Crippen LogP contribution in [0.2, 0.25) is 0 Å². The molecule has 1 aromatic carbocycles. The van der Waals surface area contributed by atoms with Crippen molar-refractivity contribution in [2.75, 3.05) is 27.3 Å². The topological polar surface area (TPSA) is 101 Å². The Morgan fingerprint density at radius 2 is 1.77 bits per heavy atom. The van der Waals surface area contributed by atoms with Crippen LogP contribution in [0, 0.1) is 0 Å². The van der Waals surface area contributed by atoms with Gasteiger partial charge < -0.3 is 18.9 Å². The molecular weight excluding hydrogens is 390 g/mol. The van der Waals surface area contributed by atoms with Crippen LogP contribution in [0.15, 0.2) is 40.2 Å². The highest BCUT2D eigenvalue weighted by molar-refractivity contribution is 5.76. The molecule has 0 aliphatic carbocycles. The van der Waals surface area contributed by atoms with Crippen molar-refractivity contribution >= 4 is 17.1 Å². The maximum absolute atomic E-state index is 12.5. The van der Waals surface area contributed by atoms with Gasteiger partial charge in [-0.2, -0.15) is 0 Å². The number of methoxy groups -OCH3 is 1. The van der Waals surface area contributed by atoms with Crippen LogP contribution in [0.4, 0.5) is 0 Å². The van der Waals surface area contributed by atoms with Crippen molar-refractivity contribution in [1.29, 1.82) is 0 Å². The molecule has 0 unspecified atom stereocenters. The van der Waals surface area contributed by atoms with E-state index in [1.807, 2.05) is 0 Å². The van der Waals surface area contributed by atoms with Crippen LogP contribution in [0.3, 0.4) is 0 Å². The molecule has 10 heteroatoms. The van der Waals surface area contributed by atoms with Crippen LogP contribution in [0.5, 0.6) is 11.5 Å². The number of aryl methyl sites for hydroxylation is 2. The zero-order valence-corrected chi connectivity index (χ0v) is 17.5. The van der Waals surface area contributed by atoms with Gasteiger partial charge in [0, 0.05) is 34.1 Å². The second-order valence-electron chi connectivity index (χ2n) is 6.91. The Morgan fingerprint density at radius 1 is 1.10 bits per heavy atom. The van der Waals surface area contributed by atoms with Gasteiger partial charge >= 0.3 is 5.69 Å². The van der Waals surface area contributed by atoms with Crippen molar-refractivity contribution in [3.8, 4) is 11.5 Å². The van der Waals surface area contributed by atoms with Gasteiger partial charge in [0.25, 0.3) is 5.56 Å². The van der Waals surface area contributed by atoms with Crippen LogP contribution in [0.25, 0.3) is 11.2 Å². The Bertz CT molecular complexity index is 1160. The summed E-state index contributed by atoms with van der Waals surface area (Å²) >= 11 is 0. The van der Waals surface area contributed by atoms with E-state index in [1.54, 1.807) is 54.9 Å². The Morgan fingerprint density at radius 3 is 2.43 bits per heavy atom. The van der Waals surface area contributed by atoms with E-state index in [9.17, 15) is 14.4 Å². The molecule has 0 saturated heterocycles. The first kappa shape index (κ1) is 21.2. The number of carbonyl (C=O) groups is 1. The molecule has 10 nitrogen and oxygen atoms in total. The Balaban J connectivity index is 1.57. The van der Waals surface area contributed by atoms with Crippen molar-refractivity contribution in [3.05, 3.63) is 51.4 Å². The molecule has 0 N–H and O–H groups in total. The van der Waals surface area contributed by atoms with Gasteiger partial charge in [0.2, 0.25) is 5.91 Å². The lowest BCUT2D eigenvalue weighted by Crippen LogP contribution is -2.37. The summed E-state index contributed by atoms with van der Waals surface area (Å²) in [6, 6.07) is 7.22. The maximum atomic E-state index is 12.5. The van der Waals surface area contributed by atoms with Crippen molar-refractivity contribution in [3.63, 3.8) is 0 Å². The van der Waals surface area contributed by atoms with Crippen molar-refractivity contribution in [2.45, 2.75) is 13.0 Å². The number of carbonyl (C=O) groups excluding carboxylic acids is 1. The number of aromatic nitrogens is 4. The highest BCUT2D eigenvalue weighted by Crippen LogP contribution is 2.16. The van der Waals surface area contributed by atoms with Gasteiger partial charge in [-0.1, -0.05) is 0 Å². The second-order valence-corrected chi connectivity index (χ2v) is 6.91. The Hall–Kier alpha value is -3.56. The molecule has 0 bridgehead atoms. The number of benzene rings is 1. The van der Waals surface area contributed by atoms with Gasteiger partial charge in [0.15, 0.2) is 11.2 Å². The van der Waals surface area contributed by atoms with E-state index >= 15 is 0 Å². The first-order valence-corrected chi connectivity index (χ1v) is 9.45. The third-order valence-corrected chi connectivity index (χ3v) is 4.96. The minimum atomic E-state index is -0.439. The predicted molar refractivity (Wildman–Crippen MR) is 111 cm³/mol. The average Bonchev–Trinajstić information content (AvgIpc) is 3.19. The van der Waals surface area contributed by atoms with E-state index in [4.69, 9.17) is 9.47 Å². The molecule has 160 valence electrons. The Labute approximate surface area is 172 Å². The number of hydrogen-bond donors (Lipinski definition) is 0. The Kier molecular flexibility index (Phi) is 6.24. The number of imidazole rings is 1. The number of fused-ring (bicyclic) bond motifs is 1. The van der Waals surface area contributed by atoms with Crippen LogP contribution in [-0.4, -0.2) is 56.8 Å². The van der Waals surface area contributed by atoms with E-state index in [0.29, 0.717) is 30.1 Å². The summed E-state index contributed by atoms with van der Waals surface area (Å²) in [5, 5.41) is 0. The number of nitrogens with zero attached hydrogens (tertiary/aromatic N) is 5. The molecule has 3 aromatic rings. The first-order valence-electron chi connectivity index (χ1n) is 9.45. The molecule has 0 aliphatic rings. The van der Waals surface area contributed by atoms with Crippen molar-refractivity contribution < 1.29 is 14.3 Å². The summed E-state index contributed by atoms with van der Waals surface area (Å²) < 4.78 is 14.7. The predicted octanol–water partition coefficient (Wildman–Crippen LogP) is 0.370. The second kappa shape index (κ2) is 8.85. The van der Waals surface area contributed by atoms with Gasteiger partial charge in [0.1, 0.15) is 18.1 Å². The summed E-state index contributed by atoms with van der Waals surface area (Å²) in [5.74, 6) is 1.36. The zero-order chi connectivity index (χ0) is 21.8. The average molecular weight is 415 g/mol. The molecule has 1 amide bonds. The van der Waals surface area contributed by atoms with E-state index in [2.05, 4.69) is 4.98 Å². The number of rotatable bonds is 8. The summed E-state index contributed by atoms with van der Waals surface area (Å²) in [6.07, 6.45) is 1.67. The number of amides is 1. The normalized spacial score (nSPS) is 10.9. The minimum Gasteiger partial charge on any atom is -0.497 e. The van der Waals surface area contributed by atoms with E-state index < -0.39 is 11.2 Å². The quantitative estimate of drug-likeness (QED) is 0.527. The smallest absolute Gasteiger partial charge is 0.332 e. The van der Waals surface area contributed by atoms with Crippen LogP contribution in [-0.2, 0) is 25.4 Å². The highest BCUT2D eigenvalue weighted by atomic mass is 16.5. The fourth-order valence-electron chi connectivity index (χ4n) is 3.07. The molecule has 3 rings (SSSR count). The number of hydrogen-bond acceptors (Lipinski definition) is 6. The molecule has 0 radical (unpaired) electrons. The van der Waals surface area contributed by atoms with Gasteiger partial charge in [-0.15, -0.1) is 0 Å². The number of ether oxygens (including phenoxy) is 2. The van der Waals surface area contributed by atoms with Crippen molar-refractivity contribution in [1.82, 2.24) is 23.6 Å². The van der Waals surface area contributed by atoms with E-state index in [-0.39, 0.29) is 18.9 Å². The van der Waals surface area contributed by atoms with Gasteiger partial charge in [-0.3, -0.25) is 18.7 Å². The fraction of sp³-hybridized carbons (Fsp3) is 0.400. The summed E-state index contributed by atoms with van der Waals surface area (Å²) in [5.41, 5.74) is -0.264. The van der Waals surface area contributed by atoms with E-state index in [0.717, 1.165) is 10.3 Å². The van der Waals surface area contributed by atoms with Crippen LogP contribution < -0.4 is 20.7 Å². The van der Waals surface area contributed by atoms with Gasteiger partial charge in [-0.25, -0.2) is 9.78 Å². The van der Waals surface area contributed by atoms with Crippen LogP contribution >= 0.6 is 0 Å². The lowest BCUT2D eigenvalue weighted by Gasteiger charge is -2.18. The largest absolute Gasteiger partial charge is 0.497 e. The molecule has 0 aliphatic heterocycles. The van der Waals surface area contributed by atoms with Gasteiger partial charge in [0.05, 0.1) is 20.0 Å². The molecule has 0 atom stereocenters. The fourth-order valence-corrected chi connectivity index (χ4v) is 3.07. The molecule has 0 fully saturated rings. The lowest BCUT2D eigenvalue weighted by atomic mass is 10.3. The standard InChI is InChI=1S/C20H25N5O5/c1-22(11-12-30-15-7-5-14(29-4)6-8-15)16(26)9-10-25-13-21-18-17(25)19(27)24(3)20(28)23(18)2/h5-8,13H,9-12H2,1-4H3. The zero-order valence-electron chi connectivity index (χ0n) is 17.5. The minimum absolute atomic E-state index is 0.0863. The molecule has 0 saturated carbocycles. The summed E-state index contributed by atoms with van der Waals surface area (Å²) in [7, 11) is 6.28. The highest BCUT2D eigenvalue weighted by Gasteiger charge is 2.16. The van der Waals surface area contributed by atoms with E-state index in [1.165, 1.54) is 17.9 Å². The first-order chi connectivity index (χ1) is 14.3. The third kappa shape index (κ3) is 4.22. The SMILES string of the molecule is COc1ccc(OCCN(C)C(=O)CCn2cnc3c2c(=O)n(C)c(=O)n3C)cc1.